The van der Waals surface area contributed by atoms with Crippen molar-refractivity contribution in [2.75, 3.05) is 37.7 Å². The summed E-state index contributed by atoms with van der Waals surface area (Å²) in [5.41, 5.74) is 2.52. The highest BCUT2D eigenvalue weighted by molar-refractivity contribution is 8.18. The molecule has 1 aromatic heterocycles. The summed E-state index contributed by atoms with van der Waals surface area (Å²) in [6.07, 6.45) is 3.17. The lowest BCUT2D eigenvalue weighted by atomic mass is 10.1. The third-order valence-corrected chi connectivity index (χ3v) is 5.77. The Balaban J connectivity index is 1.37. The van der Waals surface area contributed by atoms with E-state index in [0.717, 1.165) is 37.9 Å². The van der Waals surface area contributed by atoms with E-state index in [9.17, 15) is 9.59 Å². The first-order chi connectivity index (χ1) is 13.1. The Morgan fingerprint density at radius 2 is 1.85 bits per heavy atom. The van der Waals surface area contributed by atoms with Gasteiger partial charge in [-0.25, -0.2) is 0 Å². The van der Waals surface area contributed by atoms with Crippen molar-refractivity contribution >= 4 is 34.7 Å². The zero-order chi connectivity index (χ0) is 18.8. The van der Waals surface area contributed by atoms with Crippen molar-refractivity contribution in [3.05, 3.63) is 58.9 Å². The fraction of sp³-hybridized carbons (Fsp3) is 0.300. The molecule has 1 aromatic carbocycles. The topological polar surface area (TPSA) is 57.0 Å². The molecule has 27 heavy (non-hydrogen) atoms. The number of para-hydroxylation sites is 1. The van der Waals surface area contributed by atoms with Crippen LogP contribution < -0.4 is 4.90 Å². The molecule has 140 valence electrons. The number of benzene rings is 1. The van der Waals surface area contributed by atoms with Crippen molar-refractivity contribution in [1.29, 1.82) is 0 Å². The first-order valence-electron chi connectivity index (χ1n) is 8.93. The number of rotatable bonds is 4. The summed E-state index contributed by atoms with van der Waals surface area (Å²) < 4.78 is 5.24. The summed E-state index contributed by atoms with van der Waals surface area (Å²) in [6, 6.07) is 11.9. The second-order valence-corrected chi connectivity index (χ2v) is 7.65. The zero-order valence-electron chi connectivity index (χ0n) is 15.1. The average molecular weight is 383 g/mol. The van der Waals surface area contributed by atoms with Crippen molar-refractivity contribution in [3.63, 3.8) is 0 Å². The van der Waals surface area contributed by atoms with Crippen LogP contribution >= 0.6 is 11.8 Å². The standard InChI is InChI=1S/C20H21N3O3S/c1-15-5-2-3-7-17(15)22-10-8-21(9-11-22)14-23-19(24)18(27-20(23)25)13-16-6-4-12-26-16/h2-7,12-13H,8-11,14H2,1H3/b18-13-. The molecule has 0 radical (unpaired) electrons. The van der Waals surface area contributed by atoms with Gasteiger partial charge >= 0.3 is 0 Å². The lowest BCUT2D eigenvalue weighted by Gasteiger charge is -2.37. The summed E-state index contributed by atoms with van der Waals surface area (Å²) in [7, 11) is 0. The quantitative estimate of drug-likeness (QED) is 0.754. The van der Waals surface area contributed by atoms with Crippen molar-refractivity contribution in [3.8, 4) is 0 Å². The maximum Gasteiger partial charge on any atom is 0.294 e. The van der Waals surface area contributed by atoms with Crippen LogP contribution in [0.3, 0.4) is 0 Å². The molecule has 2 amide bonds. The second-order valence-electron chi connectivity index (χ2n) is 6.66. The molecule has 0 unspecified atom stereocenters. The predicted molar refractivity (Wildman–Crippen MR) is 106 cm³/mol. The van der Waals surface area contributed by atoms with Crippen molar-refractivity contribution in [2.45, 2.75) is 6.92 Å². The van der Waals surface area contributed by atoms with Crippen LogP contribution in [-0.4, -0.2) is 53.8 Å². The van der Waals surface area contributed by atoms with Crippen LogP contribution in [0.5, 0.6) is 0 Å². The highest BCUT2D eigenvalue weighted by Crippen LogP contribution is 2.32. The molecule has 7 heteroatoms. The first kappa shape index (κ1) is 17.9. The third-order valence-electron chi connectivity index (χ3n) is 4.86. The lowest BCUT2D eigenvalue weighted by molar-refractivity contribution is -0.124. The monoisotopic (exact) mass is 383 g/mol. The molecule has 2 fully saturated rings. The van der Waals surface area contributed by atoms with Gasteiger partial charge in [0.2, 0.25) is 0 Å². The normalized spacial score (nSPS) is 20.1. The van der Waals surface area contributed by atoms with E-state index < -0.39 is 0 Å². The van der Waals surface area contributed by atoms with E-state index in [0.29, 0.717) is 17.3 Å². The number of amides is 2. The summed E-state index contributed by atoms with van der Waals surface area (Å²) in [5, 5.41) is -0.223. The molecule has 2 aromatic rings. The van der Waals surface area contributed by atoms with Gasteiger partial charge in [-0.2, -0.15) is 0 Å². The number of imide groups is 1. The van der Waals surface area contributed by atoms with Gasteiger partial charge in [-0.3, -0.25) is 19.4 Å². The maximum atomic E-state index is 12.6. The van der Waals surface area contributed by atoms with Gasteiger partial charge in [0.1, 0.15) is 5.76 Å². The van der Waals surface area contributed by atoms with E-state index in [2.05, 4.69) is 34.9 Å². The summed E-state index contributed by atoms with van der Waals surface area (Å²) in [4.78, 5) is 31.1. The Bertz CT molecular complexity index is 870. The third kappa shape index (κ3) is 3.79. The highest BCUT2D eigenvalue weighted by Gasteiger charge is 2.36. The Labute approximate surface area is 162 Å². The molecule has 0 bridgehead atoms. The number of aryl methyl sites for hydroxylation is 1. The van der Waals surface area contributed by atoms with Crippen LogP contribution in [0.2, 0.25) is 0 Å². The second kappa shape index (κ2) is 7.62. The van der Waals surface area contributed by atoms with Crippen LogP contribution in [0.25, 0.3) is 6.08 Å². The fourth-order valence-corrected chi connectivity index (χ4v) is 4.18. The van der Waals surface area contributed by atoms with Gasteiger partial charge in [0.15, 0.2) is 0 Å². The van der Waals surface area contributed by atoms with Crippen molar-refractivity contribution < 1.29 is 14.0 Å². The Kier molecular flexibility index (Phi) is 5.05. The minimum atomic E-state index is -0.247. The number of piperazine rings is 1. The zero-order valence-corrected chi connectivity index (χ0v) is 15.9. The number of anilines is 1. The predicted octanol–water partition coefficient (Wildman–Crippen LogP) is 3.40. The molecule has 0 atom stereocenters. The maximum absolute atomic E-state index is 12.6. The Morgan fingerprint density at radius 1 is 1.07 bits per heavy atom. The van der Waals surface area contributed by atoms with Crippen molar-refractivity contribution in [1.82, 2.24) is 9.80 Å². The smallest absolute Gasteiger partial charge is 0.294 e. The number of furan rings is 1. The molecule has 6 nitrogen and oxygen atoms in total. The number of carbonyl (C=O) groups is 2. The molecule has 0 saturated carbocycles. The van der Waals surface area contributed by atoms with E-state index in [1.807, 2.05) is 6.07 Å². The summed E-state index contributed by atoms with van der Waals surface area (Å²) in [5.74, 6) is 0.329. The molecular formula is C20H21N3O3S. The van der Waals surface area contributed by atoms with Crippen LogP contribution in [0.4, 0.5) is 10.5 Å². The van der Waals surface area contributed by atoms with Gasteiger partial charge in [-0.15, -0.1) is 0 Å². The van der Waals surface area contributed by atoms with E-state index in [4.69, 9.17) is 4.42 Å². The van der Waals surface area contributed by atoms with E-state index in [1.165, 1.54) is 16.2 Å². The van der Waals surface area contributed by atoms with Crippen LogP contribution in [0.15, 0.2) is 52.0 Å². The molecule has 3 heterocycles. The van der Waals surface area contributed by atoms with Gasteiger partial charge in [-0.05, 0) is 42.4 Å². The minimum Gasteiger partial charge on any atom is -0.465 e. The average Bonchev–Trinajstić information content (AvgIpc) is 3.27. The SMILES string of the molecule is Cc1ccccc1N1CCN(CN2C(=O)S/C(=C\c3ccco3)C2=O)CC1. The van der Waals surface area contributed by atoms with Crippen molar-refractivity contribution in [2.24, 2.45) is 0 Å². The Morgan fingerprint density at radius 3 is 2.56 bits per heavy atom. The molecule has 0 aliphatic carbocycles. The highest BCUT2D eigenvalue weighted by atomic mass is 32.2. The van der Waals surface area contributed by atoms with E-state index in [1.54, 1.807) is 24.5 Å². The molecule has 2 aliphatic rings. The van der Waals surface area contributed by atoms with Gasteiger partial charge in [-0.1, -0.05) is 18.2 Å². The minimum absolute atomic E-state index is 0.223. The number of hydrogen-bond donors (Lipinski definition) is 0. The lowest BCUT2D eigenvalue weighted by Crippen LogP contribution is -2.51. The van der Waals surface area contributed by atoms with Gasteiger partial charge in [0.25, 0.3) is 11.1 Å². The van der Waals surface area contributed by atoms with Crippen LogP contribution in [-0.2, 0) is 4.79 Å². The summed E-state index contributed by atoms with van der Waals surface area (Å²) in [6.45, 7) is 5.84. The molecular weight excluding hydrogens is 362 g/mol. The molecule has 2 aliphatic heterocycles. The molecule has 4 rings (SSSR count). The van der Waals surface area contributed by atoms with E-state index >= 15 is 0 Å². The van der Waals surface area contributed by atoms with Gasteiger partial charge in [0, 0.05) is 37.9 Å². The summed E-state index contributed by atoms with van der Waals surface area (Å²) >= 11 is 0.969. The molecule has 0 spiro atoms. The molecule has 0 N–H and O–H groups in total. The number of nitrogens with zero attached hydrogens (tertiary/aromatic N) is 3. The molecule has 2 saturated heterocycles. The van der Waals surface area contributed by atoms with E-state index in [-0.39, 0.29) is 11.1 Å². The largest absolute Gasteiger partial charge is 0.465 e. The van der Waals surface area contributed by atoms with Crippen LogP contribution in [0.1, 0.15) is 11.3 Å². The number of thioether (sulfide) groups is 1. The fourth-order valence-electron chi connectivity index (χ4n) is 3.37. The van der Waals surface area contributed by atoms with Gasteiger partial charge in [0.05, 0.1) is 17.8 Å². The Hall–Kier alpha value is -2.51. The number of carbonyl (C=O) groups excluding carboxylic acids is 2. The van der Waals surface area contributed by atoms with Crippen LogP contribution in [0, 0.1) is 6.92 Å². The number of hydrogen-bond acceptors (Lipinski definition) is 6. The first-order valence-corrected chi connectivity index (χ1v) is 9.75. The van der Waals surface area contributed by atoms with Gasteiger partial charge < -0.3 is 9.32 Å².